The molecule has 10 heteroatoms. The highest BCUT2D eigenvalue weighted by atomic mass is 79.9. The van der Waals surface area contributed by atoms with Gasteiger partial charge in [-0.1, -0.05) is 39.3 Å². The Morgan fingerprint density at radius 3 is 2.79 bits per heavy atom. The van der Waals surface area contributed by atoms with Gasteiger partial charge in [-0.15, -0.1) is 10.2 Å². The maximum Gasteiger partial charge on any atom is 0.277 e. The summed E-state index contributed by atoms with van der Waals surface area (Å²) in [5, 5.41) is 10.6. The van der Waals surface area contributed by atoms with Gasteiger partial charge < -0.3 is 14.5 Å². The first-order chi connectivity index (χ1) is 13.4. The van der Waals surface area contributed by atoms with Gasteiger partial charge in [0.1, 0.15) is 11.6 Å². The van der Waals surface area contributed by atoms with Crippen LogP contribution in [0.4, 0.5) is 10.1 Å². The number of nitrogens with zero attached hydrogens (tertiary/aromatic N) is 2. The van der Waals surface area contributed by atoms with Crippen LogP contribution in [0, 0.1) is 5.82 Å². The Kier molecular flexibility index (Phi) is 6.93. The molecular weight excluding hydrogens is 473 g/mol. The number of carbonyl (C=O) groups is 1. The van der Waals surface area contributed by atoms with Crippen LogP contribution in [0.3, 0.4) is 0 Å². The second-order valence-corrected chi connectivity index (χ2v) is 8.22. The number of hydrogen-bond donors (Lipinski definition) is 1. The summed E-state index contributed by atoms with van der Waals surface area (Å²) in [6.45, 7) is 1.74. The molecule has 28 heavy (non-hydrogen) atoms. The first-order valence-electron chi connectivity index (χ1n) is 8.04. The zero-order valence-corrected chi connectivity index (χ0v) is 17.6. The van der Waals surface area contributed by atoms with E-state index in [1.54, 1.807) is 37.3 Å². The highest BCUT2D eigenvalue weighted by molar-refractivity contribution is 9.10. The molecule has 6 nitrogen and oxygen atoms in total. The third-order valence-electron chi connectivity index (χ3n) is 3.46. The number of anilines is 1. The quantitative estimate of drug-likeness (QED) is 0.455. The van der Waals surface area contributed by atoms with Crippen LogP contribution in [0.5, 0.6) is 5.75 Å². The SMILES string of the molecule is CC(Sc1nnc(COc2ccc(Cl)cc2)o1)C(=O)Nc1ccc(Br)cc1F. The monoisotopic (exact) mass is 485 g/mol. The lowest BCUT2D eigenvalue weighted by molar-refractivity contribution is -0.115. The van der Waals surface area contributed by atoms with Crippen LogP contribution in [0.25, 0.3) is 0 Å². The number of rotatable bonds is 7. The molecule has 1 atom stereocenters. The molecule has 0 spiro atoms. The molecule has 0 saturated heterocycles. The first kappa shape index (κ1) is 20.6. The Morgan fingerprint density at radius 1 is 1.32 bits per heavy atom. The van der Waals surface area contributed by atoms with Gasteiger partial charge in [0.25, 0.3) is 11.1 Å². The van der Waals surface area contributed by atoms with Crippen molar-refractivity contribution < 1.29 is 18.3 Å². The normalized spacial score (nSPS) is 11.9. The van der Waals surface area contributed by atoms with Crippen LogP contribution in [0.15, 0.2) is 56.6 Å². The highest BCUT2D eigenvalue weighted by Crippen LogP contribution is 2.25. The van der Waals surface area contributed by atoms with Crippen molar-refractivity contribution in [2.75, 3.05) is 5.32 Å². The first-order valence-corrected chi connectivity index (χ1v) is 10.1. The minimum absolute atomic E-state index is 0.0832. The number of aromatic nitrogens is 2. The van der Waals surface area contributed by atoms with Crippen molar-refractivity contribution in [2.24, 2.45) is 0 Å². The van der Waals surface area contributed by atoms with Crippen molar-refractivity contribution >= 4 is 50.9 Å². The second kappa shape index (κ2) is 9.40. The molecule has 0 radical (unpaired) electrons. The Morgan fingerprint density at radius 2 is 2.07 bits per heavy atom. The molecular formula is C18H14BrClFN3O3S. The van der Waals surface area contributed by atoms with E-state index in [9.17, 15) is 9.18 Å². The Hall–Kier alpha value is -2.10. The minimum Gasteiger partial charge on any atom is -0.484 e. The topological polar surface area (TPSA) is 77.2 Å². The predicted molar refractivity (Wildman–Crippen MR) is 108 cm³/mol. The third kappa shape index (κ3) is 5.70. The van der Waals surface area contributed by atoms with Gasteiger partial charge in [-0.25, -0.2) is 4.39 Å². The van der Waals surface area contributed by atoms with Gasteiger partial charge in [0.2, 0.25) is 5.91 Å². The molecule has 3 rings (SSSR count). The van der Waals surface area contributed by atoms with E-state index in [0.717, 1.165) is 11.8 Å². The number of carbonyl (C=O) groups excluding carboxylic acids is 1. The lowest BCUT2D eigenvalue weighted by atomic mass is 10.3. The maximum atomic E-state index is 13.8. The lowest BCUT2D eigenvalue weighted by Gasteiger charge is -2.10. The van der Waals surface area contributed by atoms with Crippen LogP contribution in [0.1, 0.15) is 12.8 Å². The Labute approximate surface area is 177 Å². The number of halogens is 3. The summed E-state index contributed by atoms with van der Waals surface area (Å²) in [5.41, 5.74) is 0.100. The summed E-state index contributed by atoms with van der Waals surface area (Å²) in [4.78, 5) is 12.3. The van der Waals surface area contributed by atoms with Crippen LogP contribution in [-0.2, 0) is 11.4 Å². The lowest BCUT2D eigenvalue weighted by Crippen LogP contribution is -2.23. The molecule has 0 aliphatic heterocycles. The van der Waals surface area contributed by atoms with Gasteiger partial charge in [0.05, 0.1) is 10.9 Å². The van der Waals surface area contributed by atoms with E-state index >= 15 is 0 Å². The summed E-state index contributed by atoms with van der Waals surface area (Å²) in [5.74, 6) is -0.0344. The third-order valence-corrected chi connectivity index (χ3v) is 5.14. The number of hydrogen-bond acceptors (Lipinski definition) is 6. The van der Waals surface area contributed by atoms with Gasteiger partial charge in [-0.3, -0.25) is 4.79 Å². The average molecular weight is 487 g/mol. The molecule has 146 valence electrons. The molecule has 0 saturated carbocycles. The van der Waals surface area contributed by atoms with Gasteiger partial charge in [0.15, 0.2) is 6.61 Å². The van der Waals surface area contributed by atoms with Gasteiger partial charge in [0, 0.05) is 9.50 Å². The Bertz CT molecular complexity index is 971. The summed E-state index contributed by atoms with van der Waals surface area (Å²) in [6, 6.07) is 11.3. The molecule has 3 aromatic rings. The van der Waals surface area contributed by atoms with Gasteiger partial charge in [-0.05, 0) is 49.4 Å². The van der Waals surface area contributed by atoms with Crippen LogP contribution >= 0.6 is 39.3 Å². The van der Waals surface area contributed by atoms with E-state index in [0.29, 0.717) is 15.2 Å². The summed E-state index contributed by atoms with van der Waals surface area (Å²) in [6.07, 6.45) is 0. The number of nitrogens with one attached hydrogen (secondary N) is 1. The van der Waals surface area contributed by atoms with Gasteiger partial charge >= 0.3 is 0 Å². The molecule has 1 amide bonds. The van der Waals surface area contributed by atoms with Crippen molar-refractivity contribution in [1.82, 2.24) is 10.2 Å². The van der Waals surface area contributed by atoms with Crippen LogP contribution in [0.2, 0.25) is 5.02 Å². The van der Waals surface area contributed by atoms with Crippen LogP contribution in [-0.4, -0.2) is 21.4 Å². The number of benzene rings is 2. The molecule has 1 N–H and O–H groups in total. The minimum atomic E-state index is -0.575. The van der Waals surface area contributed by atoms with E-state index in [-0.39, 0.29) is 29.3 Å². The van der Waals surface area contributed by atoms with Crippen molar-refractivity contribution in [2.45, 2.75) is 24.0 Å². The molecule has 0 bridgehead atoms. The zero-order chi connectivity index (χ0) is 20.1. The molecule has 1 unspecified atom stereocenters. The van der Waals surface area contributed by atoms with Gasteiger partial charge in [-0.2, -0.15) is 0 Å². The van der Waals surface area contributed by atoms with Crippen molar-refractivity contribution in [3.8, 4) is 5.75 Å². The van der Waals surface area contributed by atoms with E-state index in [4.69, 9.17) is 20.8 Å². The van der Waals surface area contributed by atoms with E-state index in [2.05, 4.69) is 31.4 Å². The summed E-state index contributed by atoms with van der Waals surface area (Å²) in [7, 11) is 0. The molecule has 0 aliphatic rings. The largest absolute Gasteiger partial charge is 0.484 e. The number of thioether (sulfide) groups is 1. The van der Waals surface area contributed by atoms with Crippen molar-refractivity contribution in [3.63, 3.8) is 0 Å². The van der Waals surface area contributed by atoms with E-state index in [1.807, 2.05) is 0 Å². The molecule has 0 fully saturated rings. The molecule has 1 heterocycles. The standard InChI is InChI=1S/C18H14BrClFN3O3S/c1-10(17(25)22-15-7-2-11(19)8-14(15)21)28-18-24-23-16(27-18)9-26-13-5-3-12(20)4-6-13/h2-8,10H,9H2,1H3,(H,22,25). The fourth-order valence-corrected chi connectivity index (χ4v) is 3.21. The molecule has 2 aromatic carbocycles. The molecule has 1 aromatic heterocycles. The smallest absolute Gasteiger partial charge is 0.277 e. The molecule has 0 aliphatic carbocycles. The summed E-state index contributed by atoms with van der Waals surface area (Å²) >= 11 is 10.1. The maximum absolute atomic E-state index is 13.8. The second-order valence-electron chi connectivity index (χ2n) is 5.58. The highest BCUT2D eigenvalue weighted by Gasteiger charge is 2.19. The van der Waals surface area contributed by atoms with Crippen molar-refractivity contribution in [1.29, 1.82) is 0 Å². The Balaban J connectivity index is 1.53. The van der Waals surface area contributed by atoms with Crippen LogP contribution < -0.4 is 10.1 Å². The fraction of sp³-hybridized carbons (Fsp3) is 0.167. The fourth-order valence-electron chi connectivity index (χ4n) is 2.05. The summed E-state index contributed by atoms with van der Waals surface area (Å²) < 4.78 is 25.4. The zero-order valence-electron chi connectivity index (χ0n) is 14.5. The van der Waals surface area contributed by atoms with E-state index < -0.39 is 11.1 Å². The van der Waals surface area contributed by atoms with Crippen molar-refractivity contribution in [3.05, 3.63) is 63.7 Å². The number of amides is 1. The number of ether oxygens (including phenoxy) is 1. The average Bonchev–Trinajstić information content (AvgIpc) is 3.11. The predicted octanol–water partition coefficient (Wildman–Crippen LogP) is 5.32. The van der Waals surface area contributed by atoms with E-state index in [1.165, 1.54) is 12.1 Å².